The van der Waals surface area contributed by atoms with Crippen LogP contribution in [0.25, 0.3) is 0 Å². The number of nitrogens with one attached hydrogen (secondary N) is 1. The molecule has 0 saturated heterocycles. The Kier molecular flexibility index (Phi) is 4.86. The molecule has 124 valence electrons. The Morgan fingerprint density at radius 2 is 2.08 bits per heavy atom. The number of rotatable bonds is 4. The van der Waals surface area contributed by atoms with Gasteiger partial charge < -0.3 is 10.1 Å². The third kappa shape index (κ3) is 3.77. The molecule has 1 aliphatic rings. The van der Waals surface area contributed by atoms with Gasteiger partial charge in [-0.15, -0.1) is 0 Å². The average molecular weight is 344 g/mol. The predicted octanol–water partition coefficient (Wildman–Crippen LogP) is 4.15. The van der Waals surface area contributed by atoms with Crippen LogP contribution < -0.4 is 10.1 Å². The van der Waals surface area contributed by atoms with Crippen LogP contribution in [0.1, 0.15) is 24.0 Å². The van der Waals surface area contributed by atoms with Crippen LogP contribution in [-0.4, -0.2) is 11.9 Å². The van der Waals surface area contributed by atoms with Crippen LogP contribution in [0.15, 0.2) is 42.5 Å². The fourth-order valence-corrected chi connectivity index (χ4v) is 3.07. The molecule has 0 aromatic heterocycles. The normalized spacial score (nSPS) is 16.2. The molecule has 24 heavy (non-hydrogen) atoms. The Balaban J connectivity index is 1.57. The SMILES string of the molecule is Cc1cc(Cl)ccc1OC(=O)CCC1Cc2ccccc2NC1=O. The molecule has 1 atom stereocenters. The number of fused-ring (bicyclic) bond motifs is 1. The third-order valence-electron chi connectivity index (χ3n) is 4.17. The number of benzene rings is 2. The van der Waals surface area contributed by atoms with Crippen LogP contribution >= 0.6 is 11.6 Å². The number of anilines is 1. The molecule has 5 heteroatoms. The predicted molar refractivity (Wildman–Crippen MR) is 93.3 cm³/mol. The van der Waals surface area contributed by atoms with Crippen LogP contribution in [-0.2, 0) is 16.0 Å². The van der Waals surface area contributed by atoms with Gasteiger partial charge in [-0.05, 0) is 55.2 Å². The van der Waals surface area contributed by atoms with Crippen molar-refractivity contribution in [2.24, 2.45) is 5.92 Å². The highest BCUT2D eigenvalue weighted by Gasteiger charge is 2.26. The second-order valence-corrected chi connectivity index (χ2v) is 6.41. The van der Waals surface area contributed by atoms with E-state index in [2.05, 4.69) is 5.32 Å². The average Bonchev–Trinajstić information content (AvgIpc) is 2.55. The van der Waals surface area contributed by atoms with Gasteiger partial charge in [0, 0.05) is 23.0 Å². The number of ether oxygens (including phenoxy) is 1. The van der Waals surface area contributed by atoms with Crippen molar-refractivity contribution in [3.05, 3.63) is 58.6 Å². The summed E-state index contributed by atoms with van der Waals surface area (Å²) >= 11 is 5.89. The summed E-state index contributed by atoms with van der Waals surface area (Å²) in [4.78, 5) is 24.2. The van der Waals surface area contributed by atoms with E-state index in [4.69, 9.17) is 16.3 Å². The summed E-state index contributed by atoms with van der Waals surface area (Å²) < 4.78 is 5.37. The number of halogens is 1. The van der Waals surface area contributed by atoms with Gasteiger partial charge in [-0.25, -0.2) is 0 Å². The lowest BCUT2D eigenvalue weighted by molar-refractivity contribution is -0.134. The molecule has 0 bridgehead atoms. The summed E-state index contributed by atoms with van der Waals surface area (Å²) in [5.74, 6) is -0.0853. The molecule has 0 fully saturated rings. The van der Waals surface area contributed by atoms with Gasteiger partial charge >= 0.3 is 5.97 Å². The second-order valence-electron chi connectivity index (χ2n) is 5.97. The molecule has 1 aliphatic heterocycles. The topological polar surface area (TPSA) is 55.4 Å². The number of aryl methyl sites for hydroxylation is 1. The van der Waals surface area contributed by atoms with Crippen molar-refractivity contribution in [1.29, 1.82) is 0 Å². The van der Waals surface area contributed by atoms with Crippen molar-refractivity contribution in [2.75, 3.05) is 5.32 Å². The number of esters is 1. The maximum absolute atomic E-state index is 12.1. The zero-order chi connectivity index (χ0) is 17.1. The molecule has 4 nitrogen and oxygen atoms in total. The minimum atomic E-state index is -0.341. The molecule has 0 saturated carbocycles. The summed E-state index contributed by atoms with van der Waals surface area (Å²) in [5, 5.41) is 3.49. The van der Waals surface area contributed by atoms with Gasteiger partial charge in [0.25, 0.3) is 0 Å². The molecule has 2 aromatic rings. The lowest BCUT2D eigenvalue weighted by atomic mass is 9.90. The first kappa shape index (κ1) is 16.5. The lowest BCUT2D eigenvalue weighted by Crippen LogP contribution is -2.30. The fourth-order valence-electron chi connectivity index (χ4n) is 2.84. The first-order valence-electron chi connectivity index (χ1n) is 7.88. The molecule has 0 spiro atoms. The zero-order valence-electron chi connectivity index (χ0n) is 13.3. The Morgan fingerprint density at radius 1 is 1.29 bits per heavy atom. The van der Waals surface area contributed by atoms with Gasteiger partial charge in [0.15, 0.2) is 0 Å². The van der Waals surface area contributed by atoms with E-state index < -0.39 is 0 Å². The van der Waals surface area contributed by atoms with E-state index in [1.807, 2.05) is 31.2 Å². The van der Waals surface area contributed by atoms with Crippen LogP contribution in [0.4, 0.5) is 5.69 Å². The van der Waals surface area contributed by atoms with Crippen molar-refractivity contribution >= 4 is 29.2 Å². The quantitative estimate of drug-likeness (QED) is 0.670. The molecule has 0 aliphatic carbocycles. The van der Waals surface area contributed by atoms with E-state index >= 15 is 0 Å². The molecule has 1 N–H and O–H groups in total. The molecular weight excluding hydrogens is 326 g/mol. The maximum atomic E-state index is 12.1. The maximum Gasteiger partial charge on any atom is 0.311 e. The van der Waals surface area contributed by atoms with Crippen molar-refractivity contribution in [2.45, 2.75) is 26.2 Å². The van der Waals surface area contributed by atoms with Crippen molar-refractivity contribution < 1.29 is 14.3 Å². The van der Waals surface area contributed by atoms with Crippen LogP contribution in [0.5, 0.6) is 5.75 Å². The molecule has 0 radical (unpaired) electrons. The Hall–Kier alpha value is -2.33. The number of amides is 1. The number of para-hydroxylation sites is 1. The summed E-state index contributed by atoms with van der Waals surface area (Å²) in [6.07, 6.45) is 1.31. The van der Waals surface area contributed by atoms with E-state index in [1.165, 1.54) is 0 Å². The minimum absolute atomic E-state index is 0.0378. The van der Waals surface area contributed by atoms with Gasteiger partial charge in [-0.1, -0.05) is 29.8 Å². The standard InChI is InChI=1S/C19H18ClNO3/c1-12-10-15(20)7-8-17(12)24-18(22)9-6-14-11-13-4-2-3-5-16(13)21-19(14)23/h2-5,7-8,10,14H,6,9,11H2,1H3,(H,21,23). The third-order valence-corrected chi connectivity index (χ3v) is 4.41. The molecular formula is C19H18ClNO3. The first-order valence-corrected chi connectivity index (χ1v) is 8.26. The molecule has 1 unspecified atom stereocenters. The van der Waals surface area contributed by atoms with Crippen molar-refractivity contribution in [3.63, 3.8) is 0 Å². The number of carbonyl (C=O) groups is 2. The highest BCUT2D eigenvalue weighted by molar-refractivity contribution is 6.30. The van der Waals surface area contributed by atoms with E-state index in [0.29, 0.717) is 23.6 Å². The van der Waals surface area contributed by atoms with Crippen LogP contribution in [0.2, 0.25) is 5.02 Å². The first-order chi connectivity index (χ1) is 11.5. The van der Waals surface area contributed by atoms with E-state index in [0.717, 1.165) is 16.8 Å². The van der Waals surface area contributed by atoms with Crippen molar-refractivity contribution in [3.8, 4) is 5.75 Å². The van der Waals surface area contributed by atoms with E-state index in [-0.39, 0.29) is 24.2 Å². The number of carbonyl (C=O) groups excluding carboxylic acids is 2. The second kappa shape index (κ2) is 7.05. The van der Waals surface area contributed by atoms with Crippen LogP contribution in [0, 0.1) is 12.8 Å². The smallest absolute Gasteiger partial charge is 0.311 e. The molecule has 1 heterocycles. The molecule has 2 aromatic carbocycles. The van der Waals surface area contributed by atoms with Crippen molar-refractivity contribution in [1.82, 2.24) is 0 Å². The van der Waals surface area contributed by atoms with Gasteiger partial charge in [-0.2, -0.15) is 0 Å². The summed E-state index contributed by atoms with van der Waals surface area (Å²) in [6, 6.07) is 12.8. The monoisotopic (exact) mass is 343 g/mol. The zero-order valence-corrected chi connectivity index (χ0v) is 14.1. The minimum Gasteiger partial charge on any atom is -0.426 e. The fraction of sp³-hybridized carbons (Fsp3) is 0.263. The number of hydrogen-bond acceptors (Lipinski definition) is 3. The highest BCUT2D eigenvalue weighted by atomic mass is 35.5. The Bertz CT molecular complexity index is 788. The Morgan fingerprint density at radius 3 is 2.88 bits per heavy atom. The van der Waals surface area contributed by atoms with Gasteiger partial charge in [-0.3, -0.25) is 9.59 Å². The molecule has 3 rings (SSSR count). The van der Waals surface area contributed by atoms with E-state index in [9.17, 15) is 9.59 Å². The van der Waals surface area contributed by atoms with Crippen LogP contribution in [0.3, 0.4) is 0 Å². The molecule has 1 amide bonds. The van der Waals surface area contributed by atoms with Gasteiger partial charge in [0.05, 0.1) is 0 Å². The number of hydrogen-bond donors (Lipinski definition) is 1. The van der Waals surface area contributed by atoms with E-state index in [1.54, 1.807) is 18.2 Å². The summed E-state index contributed by atoms with van der Waals surface area (Å²) in [7, 11) is 0. The summed E-state index contributed by atoms with van der Waals surface area (Å²) in [5.41, 5.74) is 2.77. The lowest BCUT2D eigenvalue weighted by Gasteiger charge is -2.24. The largest absolute Gasteiger partial charge is 0.426 e. The highest BCUT2D eigenvalue weighted by Crippen LogP contribution is 2.28. The summed E-state index contributed by atoms with van der Waals surface area (Å²) in [6.45, 7) is 1.83. The van der Waals surface area contributed by atoms with Gasteiger partial charge in [0.2, 0.25) is 5.91 Å². The van der Waals surface area contributed by atoms with Gasteiger partial charge in [0.1, 0.15) is 5.75 Å². The Labute approximate surface area is 145 Å².